The first-order valence-corrected chi connectivity index (χ1v) is 11.8. The molecule has 36 heavy (non-hydrogen) atoms. The van der Waals surface area contributed by atoms with E-state index in [1.807, 2.05) is 12.1 Å². The molecule has 0 aliphatic carbocycles. The standard InChI is InChI=1S/C25H27ClFN5O4/c1-3-36-25(35)18(13-28-15(2)33)11-20(30-24(34)23-14-29-32-31-23)10-16-4-6-17(7-5-16)21-12-19(26)8-9-22(21)27/h4-9,12,14,18,20H,3,10-11,13H2,1-2H3,(H,28,33)(H,30,34)(H,29,31,32)/t18-,20+/m0/s1. The van der Waals surface area contributed by atoms with E-state index in [9.17, 15) is 18.8 Å². The van der Waals surface area contributed by atoms with Crippen LogP contribution < -0.4 is 10.6 Å². The second kappa shape index (κ2) is 12.8. The van der Waals surface area contributed by atoms with Gasteiger partial charge in [-0.25, -0.2) is 4.39 Å². The summed E-state index contributed by atoms with van der Waals surface area (Å²) in [6.07, 6.45) is 1.85. The number of hydrogen-bond donors (Lipinski definition) is 3. The average molecular weight is 516 g/mol. The van der Waals surface area contributed by atoms with Gasteiger partial charge in [-0.1, -0.05) is 35.9 Å². The summed E-state index contributed by atoms with van der Waals surface area (Å²) in [6, 6.07) is 11.0. The van der Waals surface area contributed by atoms with Gasteiger partial charge in [-0.05, 0) is 49.1 Å². The van der Waals surface area contributed by atoms with Crippen molar-refractivity contribution in [1.29, 1.82) is 0 Å². The Balaban J connectivity index is 1.81. The number of benzene rings is 2. The normalized spacial score (nSPS) is 12.4. The molecular formula is C25H27ClFN5O4. The minimum absolute atomic E-state index is 0.0669. The maximum Gasteiger partial charge on any atom is 0.310 e. The lowest BCUT2D eigenvalue weighted by Gasteiger charge is -2.24. The summed E-state index contributed by atoms with van der Waals surface area (Å²) in [6.45, 7) is 3.31. The number of ether oxygens (including phenoxy) is 1. The molecule has 3 rings (SSSR count). The third-order valence-corrected chi connectivity index (χ3v) is 5.68. The highest BCUT2D eigenvalue weighted by molar-refractivity contribution is 6.30. The fraction of sp³-hybridized carbons (Fsp3) is 0.320. The Kier molecular flexibility index (Phi) is 9.52. The van der Waals surface area contributed by atoms with Crippen LogP contribution in [0, 0.1) is 11.7 Å². The molecule has 2 aromatic carbocycles. The van der Waals surface area contributed by atoms with Crippen molar-refractivity contribution in [2.24, 2.45) is 5.92 Å². The summed E-state index contributed by atoms with van der Waals surface area (Å²) in [7, 11) is 0. The number of nitrogens with one attached hydrogen (secondary N) is 3. The molecule has 0 radical (unpaired) electrons. The highest BCUT2D eigenvalue weighted by Gasteiger charge is 2.26. The lowest BCUT2D eigenvalue weighted by atomic mass is 9.93. The van der Waals surface area contributed by atoms with Gasteiger partial charge in [0.15, 0.2) is 5.69 Å². The molecule has 0 saturated carbocycles. The van der Waals surface area contributed by atoms with Gasteiger partial charge in [-0.2, -0.15) is 15.4 Å². The largest absolute Gasteiger partial charge is 0.466 e. The van der Waals surface area contributed by atoms with Gasteiger partial charge < -0.3 is 15.4 Å². The van der Waals surface area contributed by atoms with E-state index in [-0.39, 0.29) is 37.0 Å². The number of H-pyrrole nitrogens is 1. The van der Waals surface area contributed by atoms with Gasteiger partial charge in [0.25, 0.3) is 5.91 Å². The third-order valence-electron chi connectivity index (χ3n) is 5.44. The molecule has 3 N–H and O–H groups in total. The maximum atomic E-state index is 14.3. The molecule has 0 unspecified atom stereocenters. The summed E-state index contributed by atoms with van der Waals surface area (Å²) in [5.41, 5.74) is 1.97. The van der Waals surface area contributed by atoms with Gasteiger partial charge in [-0.3, -0.25) is 14.4 Å². The van der Waals surface area contributed by atoms with Crippen LogP contribution in [0.5, 0.6) is 0 Å². The van der Waals surface area contributed by atoms with Crippen molar-refractivity contribution in [2.75, 3.05) is 13.2 Å². The first-order chi connectivity index (χ1) is 17.3. The molecule has 0 spiro atoms. The van der Waals surface area contributed by atoms with Gasteiger partial charge in [-0.15, -0.1) is 0 Å². The highest BCUT2D eigenvalue weighted by atomic mass is 35.5. The van der Waals surface area contributed by atoms with Gasteiger partial charge in [0.1, 0.15) is 5.82 Å². The van der Waals surface area contributed by atoms with Crippen LogP contribution in [0.25, 0.3) is 11.1 Å². The number of carbonyl (C=O) groups excluding carboxylic acids is 3. The first-order valence-electron chi connectivity index (χ1n) is 11.4. The monoisotopic (exact) mass is 515 g/mol. The van der Waals surface area contributed by atoms with Gasteiger partial charge in [0.05, 0.1) is 18.7 Å². The lowest BCUT2D eigenvalue weighted by molar-refractivity contribution is -0.148. The smallest absolute Gasteiger partial charge is 0.310 e. The zero-order valence-electron chi connectivity index (χ0n) is 19.9. The first kappa shape index (κ1) is 26.8. The molecule has 3 aromatic rings. The summed E-state index contributed by atoms with van der Waals surface area (Å²) in [4.78, 5) is 36.7. The average Bonchev–Trinajstić information content (AvgIpc) is 3.39. The highest BCUT2D eigenvalue weighted by Crippen LogP contribution is 2.27. The molecule has 1 aromatic heterocycles. The number of aromatic amines is 1. The van der Waals surface area contributed by atoms with Crippen molar-refractivity contribution in [2.45, 2.75) is 32.7 Å². The minimum atomic E-state index is -0.684. The number of amides is 2. The van der Waals surface area contributed by atoms with E-state index >= 15 is 0 Å². The predicted octanol–water partition coefficient (Wildman–Crippen LogP) is 3.31. The molecule has 0 saturated heterocycles. The van der Waals surface area contributed by atoms with Crippen LogP contribution in [0.15, 0.2) is 48.7 Å². The fourth-order valence-corrected chi connectivity index (χ4v) is 3.89. The van der Waals surface area contributed by atoms with Crippen LogP contribution in [-0.2, 0) is 20.7 Å². The van der Waals surface area contributed by atoms with E-state index in [0.29, 0.717) is 22.6 Å². The van der Waals surface area contributed by atoms with Gasteiger partial charge >= 0.3 is 5.97 Å². The van der Waals surface area contributed by atoms with Crippen LogP contribution >= 0.6 is 11.6 Å². The van der Waals surface area contributed by atoms with E-state index in [0.717, 1.165) is 5.56 Å². The van der Waals surface area contributed by atoms with E-state index < -0.39 is 23.8 Å². The Bertz CT molecular complexity index is 1190. The second-order valence-electron chi connectivity index (χ2n) is 8.17. The fourth-order valence-electron chi connectivity index (χ4n) is 3.72. The Hall–Kier alpha value is -3.79. The third kappa shape index (κ3) is 7.61. The van der Waals surface area contributed by atoms with Crippen LogP contribution in [0.1, 0.15) is 36.3 Å². The number of carbonyl (C=O) groups is 3. The molecule has 1 heterocycles. The molecule has 0 bridgehead atoms. The molecular weight excluding hydrogens is 489 g/mol. The molecule has 190 valence electrons. The van der Waals surface area contributed by atoms with Crippen molar-refractivity contribution in [3.8, 4) is 11.1 Å². The van der Waals surface area contributed by atoms with E-state index in [2.05, 4.69) is 26.0 Å². The van der Waals surface area contributed by atoms with Crippen molar-refractivity contribution < 1.29 is 23.5 Å². The Morgan fingerprint density at radius 2 is 1.92 bits per heavy atom. The zero-order valence-corrected chi connectivity index (χ0v) is 20.6. The Morgan fingerprint density at radius 3 is 2.56 bits per heavy atom. The van der Waals surface area contributed by atoms with Crippen molar-refractivity contribution in [3.05, 3.63) is 70.8 Å². The van der Waals surface area contributed by atoms with Crippen LogP contribution in [0.3, 0.4) is 0 Å². The molecule has 9 nitrogen and oxygen atoms in total. The quantitative estimate of drug-likeness (QED) is 0.336. The number of rotatable bonds is 11. The van der Waals surface area contributed by atoms with E-state index in [4.69, 9.17) is 16.3 Å². The van der Waals surface area contributed by atoms with Gasteiger partial charge in [0, 0.05) is 30.1 Å². The second-order valence-corrected chi connectivity index (χ2v) is 8.61. The van der Waals surface area contributed by atoms with Crippen LogP contribution in [0.2, 0.25) is 5.02 Å². The molecule has 0 fully saturated rings. The van der Waals surface area contributed by atoms with E-state index in [1.165, 1.54) is 25.3 Å². The number of esters is 1. The van der Waals surface area contributed by atoms with E-state index in [1.54, 1.807) is 25.1 Å². The number of aromatic nitrogens is 3. The van der Waals surface area contributed by atoms with Crippen molar-refractivity contribution in [1.82, 2.24) is 26.0 Å². The molecule has 2 atom stereocenters. The molecule has 11 heteroatoms. The topological polar surface area (TPSA) is 126 Å². The van der Waals surface area contributed by atoms with Crippen LogP contribution in [0.4, 0.5) is 4.39 Å². The predicted molar refractivity (Wildman–Crippen MR) is 132 cm³/mol. The molecule has 0 aliphatic rings. The summed E-state index contributed by atoms with van der Waals surface area (Å²) in [5, 5.41) is 15.8. The molecule has 2 amide bonds. The summed E-state index contributed by atoms with van der Waals surface area (Å²) in [5.74, 6) is -2.29. The zero-order chi connectivity index (χ0) is 26.1. The van der Waals surface area contributed by atoms with Crippen LogP contribution in [-0.4, -0.2) is 52.4 Å². The van der Waals surface area contributed by atoms with Gasteiger partial charge in [0.2, 0.25) is 5.91 Å². The SMILES string of the molecule is CCOC(=O)[C@H](CNC(C)=O)C[C@@H](Cc1ccc(-c2cc(Cl)ccc2F)cc1)NC(=O)c1cn[nH]n1. The molecule has 0 aliphatic heterocycles. The lowest BCUT2D eigenvalue weighted by Crippen LogP contribution is -2.42. The minimum Gasteiger partial charge on any atom is -0.466 e. The van der Waals surface area contributed by atoms with Crippen molar-refractivity contribution >= 4 is 29.4 Å². The van der Waals surface area contributed by atoms with Crippen molar-refractivity contribution in [3.63, 3.8) is 0 Å². The Morgan fingerprint density at radius 1 is 1.17 bits per heavy atom. The Labute approximate surface area is 212 Å². The maximum absolute atomic E-state index is 14.3. The number of halogens is 2. The summed E-state index contributed by atoms with van der Waals surface area (Å²) < 4.78 is 19.4. The summed E-state index contributed by atoms with van der Waals surface area (Å²) >= 11 is 6.02. The number of hydrogen-bond acceptors (Lipinski definition) is 6. The number of nitrogens with zero attached hydrogens (tertiary/aromatic N) is 2.